The van der Waals surface area contributed by atoms with Crippen LogP contribution in [0.25, 0.3) is 0 Å². The monoisotopic (exact) mass is 430 g/mol. The second-order valence-corrected chi connectivity index (χ2v) is 9.11. The van der Waals surface area contributed by atoms with E-state index in [-0.39, 0.29) is 30.8 Å². The van der Waals surface area contributed by atoms with Crippen LogP contribution in [0.3, 0.4) is 0 Å². The Morgan fingerprint density at radius 3 is 2.55 bits per heavy atom. The van der Waals surface area contributed by atoms with E-state index < -0.39 is 16.1 Å². The number of benzene rings is 1. The molecule has 29 heavy (non-hydrogen) atoms. The highest BCUT2D eigenvalue weighted by atomic mass is 32.2. The van der Waals surface area contributed by atoms with Crippen LogP contribution in [-0.2, 0) is 10.0 Å². The van der Waals surface area contributed by atoms with E-state index >= 15 is 0 Å². The van der Waals surface area contributed by atoms with E-state index in [1.54, 1.807) is 6.92 Å². The average Bonchev–Trinajstić information content (AvgIpc) is 2.72. The molecule has 0 aliphatic carbocycles. The number of rotatable bonds is 9. The Kier molecular flexibility index (Phi) is 9.12. The first-order valence-electron chi connectivity index (χ1n) is 9.93. The molecule has 0 saturated carbocycles. The van der Waals surface area contributed by atoms with Gasteiger partial charge in [-0.2, -0.15) is 0 Å². The van der Waals surface area contributed by atoms with Gasteiger partial charge in [0.15, 0.2) is 5.96 Å². The van der Waals surface area contributed by atoms with Gasteiger partial charge in [-0.1, -0.05) is 0 Å². The van der Waals surface area contributed by atoms with Crippen molar-refractivity contribution in [1.29, 1.82) is 0 Å². The molecule has 3 N–H and O–H groups in total. The molecule has 1 unspecified atom stereocenters. The van der Waals surface area contributed by atoms with Crippen LogP contribution in [0.15, 0.2) is 29.3 Å². The molecule has 1 aliphatic heterocycles. The van der Waals surface area contributed by atoms with Gasteiger partial charge in [0.25, 0.3) is 0 Å². The molecule has 1 aromatic rings. The van der Waals surface area contributed by atoms with Gasteiger partial charge in [-0.3, -0.25) is 4.99 Å². The number of aliphatic imine (C=N–C) groups is 1. The van der Waals surface area contributed by atoms with Crippen molar-refractivity contribution in [3.63, 3.8) is 0 Å². The standard InChI is InChI=1S/C19H31FN4O4S/c1-3-21-19(23-16-9-11-24(12-10-16)29(26,27)4-2)22-13-17(25)14-28-18-7-5-15(20)6-8-18/h5-8,16-17,25H,3-4,9-14H2,1-2H3,(H2,21,22,23). The zero-order valence-corrected chi connectivity index (χ0v) is 17.8. The molecule has 0 bridgehead atoms. The number of nitrogens with zero attached hydrogens (tertiary/aromatic N) is 2. The Morgan fingerprint density at radius 1 is 1.31 bits per heavy atom. The molecule has 1 aromatic carbocycles. The van der Waals surface area contributed by atoms with E-state index in [1.807, 2.05) is 6.92 Å². The highest BCUT2D eigenvalue weighted by Gasteiger charge is 2.27. The fraction of sp³-hybridized carbons (Fsp3) is 0.632. The molecule has 8 nitrogen and oxygen atoms in total. The lowest BCUT2D eigenvalue weighted by atomic mass is 10.1. The summed E-state index contributed by atoms with van der Waals surface area (Å²) < 4.78 is 43.8. The maximum absolute atomic E-state index is 12.9. The van der Waals surface area contributed by atoms with Gasteiger partial charge in [0.2, 0.25) is 10.0 Å². The number of aliphatic hydroxyl groups excluding tert-OH is 1. The maximum Gasteiger partial charge on any atom is 0.213 e. The van der Waals surface area contributed by atoms with E-state index in [0.29, 0.717) is 44.2 Å². The Balaban J connectivity index is 1.80. The summed E-state index contributed by atoms with van der Waals surface area (Å²) in [4.78, 5) is 4.39. The van der Waals surface area contributed by atoms with E-state index in [0.717, 1.165) is 0 Å². The lowest BCUT2D eigenvalue weighted by molar-refractivity contribution is 0.114. The minimum atomic E-state index is -3.14. The Labute approximate surface area is 172 Å². The quantitative estimate of drug-likeness (QED) is 0.398. The molecule has 1 fully saturated rings. The van der Waals surface area contributed by atoms with Gasteiger partial charge in [-0.25, -0.2) is 17.1 Å². The lowest BCUT2D eigenvalue weighted by Crippen LogP contribution is -2.50. The predicted octanol–water partition coefficient (Wildman–Crippen LogP) is 0.935. The van der Waals surface area contributed by atoms with Gasteiger partial charge in [0, 0.05) is 25.7 Å². The first-order valence-corrected chi connectivity index (χ1v) is 11.5. The summed E-state index contributed by atoms with van der Waals surface area (Å²) in [5, 5.41) is 16.5. The number of sulfonamides is 1. The number of piperidine rings is 1. The van der Waals surface area contributed by atoms with Crippen molar-refractivity contribution in [2.45, 2.75) is 38.8 Å². The number of guanidine groups is 1. The second kappa shape index (κ2) is 11.3. The summed E-state index contributed by atoms with van der Waals surface area (Å²) in [6.07, 6.45) is 0.576. The Hall–Kier alpha value is -1.91. The highest BCUT2D eigenvalue weighted by molar-refractivity contribution is 7.89. The lowest BCUT2D eigenvalue weighted by Gasteiger charge is -2.32. The molecule has 1 atom stereocenters. The SMILES string of the molecule is CCNC(=NCC(O)COc1ccc(F)cc1)NC1CCN(S(=O)(=O)CC)CC1. The molecular weight excluding hydrogens is 399 g/mol. The van der Waals surface area contributed by atoms with Crippen molar-refractivity contribution in [2.24, 2.45) is 4.99 Å². The fourth-order valence-corrected chi connectivity index (χ4v) is 4.08. The summed E-state index contributed by atoms with van der Waals surface area (Å²) in [6, 6.07) is 5.71. The number of halogens is 1. The molecule has 0 aromatic heterocycles. The molecule has 2 rings (SSSR count). The van der Waals surface area contributed by atoms with E-state index in [9.17, 15) is 17.9 Å². The Bertz CT molecular complexity index is 750. The number of hydrogen-bond donors (Lipinski definition) is 3. The van der Waals surface area contributed by atoms with Crippen LogP contribution in [0.5, 0.6) is 5.75 Å². The van der Waals surface area contributed by atoms with Crippen molar-refractivity contribution in [2.75, 3.05) is 38.5 Å². The van der Waals surface area contributed by atoms with Gasteiger partial charge in [-0.15, -0.1) is 0 Å². The van der Waals surface area contributed by atoms with E-state index in [4.69, 9.17) is 4.74 Å². The van der Waals surface area contributed by atoms with E-state index in [2.05, 4.69) is 15.6 Å². The molecule has 0 radical (unpaired) electrons. The Morgan fingerprint density at radius 2 is 1.97 bits per heavy atom. The fourth-order valence-electron chi connectivity index (χ4n) is 2.95. The van der Waals surface area contributed by atoms with Gasteiger partial charge < -0.3 is 20.5 Å². The topological polar surface area (TPSA) is 103 Å². The maximum atomic E-state index is 12.9. The molecule has 10 heteroatoms. The number of ether oxygens (including phenoxy) is 1. The molecule has 1 saturated heterocycles. The summed E-state index contributed by atoms with van der Waals surface area (Å²) in [5.74, 6) is 0.827. The summed E-state index contributed by atoms with van der Waals surface area (Å²) in [6.45, 7) is 5.42. The van der Waals surface area contributed by atoms with Crippen LogP contribution >= 0.6 is 0 Å². The summed E-state index contributed by atoms with van der Waals surface area (Å²) in [7, 11) is -3.14. The minimum Gasteiger partial charge on any atom is -0.491 e. The smallest absolute Gasteiger partial charge is 0.213 e. The highest BCUT2D eigenvalue weighted by Crippen LogP contribution is 2.14. The number of nitrogens with one attached hydrogen (secondary N) is 2. The van der Waals surface area contributed by atoms with Gasteiger partial charge in [0.05, 0.1) is 12.3 Å². The molecule has 1 heterocycles. The third kappa shape index (κ3) is 7.79. The van der Waals surface area contributed by atoms with Crippen molar-refractivity contribution >= 4 is 16.0 Å². The number of hydrogen-bond acceptors (Lipinski definition) is 5. The molecule has 1 aliphatic rings. The average molecular weight is 431 g/mol. The first kappa shape index (κ1) is 23.4. The second-order valence-electron chi connectivity index (χ2n) is 6.86. The van der Waals surface area contributed by atoms with Crippen LogP contribution in [0.4, 0.5) is 4.39 Å². The van der Waals surface area contributed by atoms with E-state index in [1.165, 1.54) is 28.6 Å². The molecular formula is C19H31FN4O4S. The molecule has 0 amide bonds. The summed E-state index contributed by atoms with van der Waals surface area (Å²) >= 11 is 0. The first-order chi connectivity index (χ1) is 13.8. The van der Waals surface area contributed by atoms with Crippen LogP contribution in [0.2, 0.25) is 0 Å². The number of aliphatic hydroxyl groups is 1. The minimum absolute atomic E-state index is 0.0435. The van der Waals surface area contributed by atoms with Crippen molar-refractivity contribution in [3.8, 4) is 5.75 Å². The van der Waals surface area contributed by atoms with Crippen LogP contribution in [-0.4, -0.2) is 74.5 Å². The van der Waals surface area contributed by atoms with Crippen LogP contribution in [0, 0.1) is 5.82 Å². The van der Waals surface area contributed by atoms with Crippen LogP contribution < -0.4 is 15.4 Å². The van der Waals surface area contributed by atoms with Crippen molar-refractivity contribution in [1.82, 2.24) is 14.9 Å². The third-order valence-electron chi connectivity index (χ3n) is 4.61. The normalized spacial score (nSPS) is 17.7. The van der Waals surface area contributed by atoms with Gasteiger partial charge in [0.1, 0.15) is 24.3 Å². The van der Waals surface area contributed by atoms with Gasteiger partial charge >= 0.3 is 0 Å². The molecule has 0 spiro atoms. The van der Waals surface area contributed by atoms with Gasteiger partial charge in [-0.05, 0) is 51.0 Å². The predicted molar refractivity (Wildman–Crippen MR) is 111 cm³/mol. The zero-order valence-electron chi connectivity index (χ0n) is 17.0. The van der Waals surface area contributed by atoms with Crippen molar-refractivity contribution in [3.05, 3.63) is 30.1 Å². The zero-order chi connectivity index (χ0) is 21.3. The van der Waals surface area contributed by atoms with Crippen LogP contribution in [0.1, 0.15) is 26.7 Å². The summed E-state index contributed by atoms with van der Waals surface area (Å²) in [5.41, 5.74) is 0. The van der Waals surface area contributed by atoms with Crippen molar-refractivity contribution < 1.29 is 22.7 Å². The largest absolute Gasteiger partial charge is 0.491 e. The third-order valence-corrected chi connectivity index (χ3v) is 6.49. The molecule has 164 valence electrons.